The number of ether oxygens (including phenoxy) is 3. The van der Waals surface area contributed by atoms with Crippen LogP contribution in [-0.2, 0) is 11.3 Å². The molecule has 0 radical (unpaired) electrons. The van der Waals surface area contributed by atoms with Gasteiger partial charge in [0.25, 0.3) is 0 Å². The second-order valence-electron chi connectivity index (χ2n) is 5.71. The zero-order chi connectivity index (χ0) is 17.4. The molecule has 2 heterocycles. The van der Waals surface area contributed by atoms with Crippen molar-refractivity contribution in [1.29, 1.82) is 0 Å². The van der Waals surface area contributed by atoms with Crippen LogP contribution in [0.1, 0.15) is 16.1 Å². The van der Waals surface area contributed by atoms with Crippen LogP contribution >= 0.6 is 0 Å². The molecule has 2 aromatic carbocycles. The van der Waals surface area contributed by atoms with Crippen LogP contribution in [-0.4, -0.2) is 25.2 Å². The molecule has 0 amide bonds. The number of para-hydroxylation sites is 2. The molecule has 25 heavy (non-hydrogen) atoms. The van der Waals surface area contributed by atoms with Crippen molar-refractivity contribution in [2.45, 2.75) is 6.61 Å². The Hall–Kier alpha value is -3.21. The number of esters is 1. The number of carbonyl (C=O) groups is 1. The highest BCUT2D eigenvalue weighted by Gasteiger charge is 2.30. The molecule has 0 fully saturated rings. The molecule has 0 spiro atoms. The lowest BCUT2D eigenvalue weighted by atomic mass is 9.96. The molecule has 1 aromatic heterocycles. The number of benzene rings is 2. The van der Waals surface area contributed by atoms with Gasteiger partial charge in [0.2, 0.25) is 0 Å². The summed E-state index contributed by atoms with van der Waals surface area (Å²) in [6.07, 6.45) is 0. The van der Waals surface area contributed by atoms with Crippen molar-refractivity contribution in [1.82, 2.24) is 4.98 Å². The molecule has 0 aliphatic carbocycles. The van der Waals surface area contributed by atoms with E-state index in [2.05, 4.69) is 4.98 Å². The third kappa shape index (κ3) is 2.36. The molecule has 3 aromatic rings. The Bertz CT molecular complexity index is 958. The molecule has 0 atom stereocenters. The Balaban J connectivity index is 2.02. The van der Waals surface area contributed by atoms with Gasteiger partial charge in [-0.05, 0) is 18.2 Å². The van der Waals surface area contributed by atoms with Crippen LogP contribution in [0.2, 0.25) is 0 Å². The number of nitrogens with one attached hydrogen (secondary N) is 1. The topological polar surface area (TPSA) is 60.6 Å². The lowest BCUT2D eigenvalue weighted by molar-refractivity contribution is 0.0596. The van der Waals surface area contributed by atoms with Gasteiger partial charge in [0, 0.05) is 22.3 Å². The highest BCUT2D eigenvalue weighted by Crippen LogP contribution is 2.44. The summed E-state index contributed by atoms with van der Waals surface area (Å²) in [5.74, 6) is 1.06. The predicted octanol–water partition coefficient (Wildman–Crippen LogP) is 4.04. The van der Waals surface area contributed by atoms with Crippen molar-refractivity contribution in [3.63, 3.8) is 0 Å². The Labute approximate surface area is 145 Å². The molecule has 4 rings (SSSR count). The monoisotopic (exact) mass is 335 g/mol. The molecule has 0 bridgehead atoms. The van der Waals surface area contributed by atoms with Crippen molar-refractivity contribution in [3.05, 3.63) is 59.8 Å². The third-order valence-electron chi connectivity index (χ3n) is 4.40. The quantitative estimate of drug-likeness (QED) is 0.734. The summed E-state index contributed by atoms with van der Waals surface area (Å²) >= 11 is 0. The standard InChI is InChI=1S/C20H17NO4/c1-23-15-9-5-3-7-12(15)17-14-11-25-16-10-6-4-8-13(16)18(14)21-19(17)20(22)24-2/h3-10,21H,11H2,1-2H3. The first-order valence-electron chi connectivity index (χ1n) is 7.93. The van der Waals surface area contributed by atoms with Crippen LogP contribution in [0.25, 0.3) is 22.4 Å². The van der Waals surface area contributed by atoms with Gasteiger partial charge >= 0.3 is 5.97 Å². The van der Waals surface area contributed by atoms with E-state index >= 15 is 0 Å². The number of aromatic nitrogens is 1. The summed E-state index contributed by atoms with van der Waals surface area (Å²) in [6.45, 7) is 0.368. The number of H-pyrrole nitrogens is 1. The summed E-state index contributed by atoms with van der Waals surface area (Å²) in [6, 6.07) is 15.4. The van der Waals surface area contributed by atoms with Crippen molar-refractivity contribution in [3.8, 4) is 33.9 Å². The second-order valence-corrected chi connectivity index (χ2v) is 5.71. The molecule has 5 heteroatoms. The normalized spacial score (nSPS) is 11.9. The fourth-order valence-electron chi connectivity index (χ4n) is 3.27. The van der Waals surface area contributed by atoms with Crippen LogP contribution in [0.4, 0.5) is 0 Å². The molecule has 5 nitrogen and oxygen atoms in total. The lowest BCUT2D eigenvalue weighted by Crippen LogP contribution is -2.06. The fraction of sp³-hybridized carbons (Fsp3) is 0.150. The van der Waals surface area contributed by atoms with Gasteiger partial charge in [-0.3, -0.25) is 0 Å². The fourth-order valence-corrected chi connectivity index (χ4v) is 3.27. The Kier molecular flexibility index (Phi) is 3.69. The second kappa shape index (κ2) is 6.02. The Morgan fingerprint density at radius 1 is 1.04 bits per heavy atom. The summed E-state index contributed by atoms with van der Waals surface area (Å²) < 4.78 is 16.4. The van der Waals surface area contributed by atoms with Gasteiger partial charge in [-0.15, -0.1) is 0 Å². The number of carbonyl (C=O) groups excluding carboxylic acids is 1. The number of rotatable bonds is 3. The summed E-state index contributed by atoms with van der Waals surface area (Å²) in [5, 5.41) is 0. The number of hydrogen-bond donors (Lipinski definition) is 1. The minimum atomic E-state index is -0.423. The van der Waals surface area contributed by atoms with Crippen molar-refractivity contribution in [2.24, 2.45) is 0 Å². The van der Waals surface area contributed by atoms with Gasteiger partial charge in [-0.2, -0.15) is 0 Å². The van der Waals surface area contributed by atoms with E-state index in [0.717, 1.165) is 33.7 Å². The minimum Gasteiger partial charge on any atom is -0.496 e. The largest absolute Gasteiger partial charge is 0.496 e. The Morgan fingerprint density at radius 3 is 2.52 bits per heavy atom. The summed E-state index contributed by atoms with van der Waals surface area (Å²) in [7, 11) is 2.99. The van der Waals surface area contributed by atoms with E-state index in [1.807, 2.05) is 48.5 Å². The van der Waals surface area contributed by atoms with Gasteiger partial charge in [-0.25, -0.2) is 4.79 Å². The average Bonchev–Trinajstić information content (AvgIpc) is 3.07. The van der Waals surface area contributed by atoms with Crippen LogP contribution in [0.15, 0.2) is 48.5 Å². The maximum absolute atomic E-state index is 12.4. The van der Waals surface area contributed by atoms with E-state index in [1.165, 1.54) is 7.11 Å². The van der Waals surface area contributed by atoms with Gasteiger partial charge in [0.1, 0.15) is 23.8 Å². The van der Waals surface area contributed by atoms with Crippen LogP contribution < -0.4 is 9.47 Å². The maximum atomic E-state index is 12.4. The summed E-state index contributed by atoms with van der Waals surface area (Å²) in [4.78, 5) is 15.7. The molecule has 0 unspecified atom stereocenters. The molecular formula is C20H17NO4. The SMILES string of the molecule is COC(=O)c1[nH]c2c(c1-c1ccccc1OC)COc1ccccc1-2. The van der Waals surface area contributed by atoms with Gasteiger partial charge < -0.3 is 19.2 Å². The van der Waals surface area contributed by atoms with E-state index in [0.29, 0.717) is 18.1 Å². The molecule has 1 aliphatic heterocycles. The van der Waals surface area contributed by atoms with Crippen molar-refractivity contribution in [2.75, 3.05) is 14.2 Å². The van der Waals surface area contributed by atoms with E-state index < -0.39 is 5.97 Å². The lowest BCUT2D eigenvalue weighted by Gasteiger charge is -2.19. The zero-order valence-corrected chi connectivity index (χ0v) is 14.0. The molecule has 0 saturated heterocycles. The molecule has 1 N–H and O–H groups in total. The number of aromatic amines is 1. The molecule has 1 aliphatic rings. The van der Waals surface area contributed by atoms with Gasteiger partial charge in [-0.1, -0.05) is 30.3 Å². The number of fused-ring (bicyclic) bond motifs is 3. The van der Waals surface area contributed by atoms with E-state index in [9.17, 15) is 4.79 Å². The van der Waals surface area contributed by atoms with Gasteiger partial charge in [0.15, 0.2) is 0 Å². The molecule has 0 saturated carbocycles. The van der Waals surface area contributed by atoms with E-state index in [1.54, 1.807) is 7.11 Å². The van der Waals surface area contributed by atoms with Crippen LogP contribution in [0.5, 0.6) is 11.5 Å². The van der Waals surface area contributed by atoms with Crippen LogP contribution in [0, 0.1) is 0 Å². The van der Waals surface area contributed by atoms with E-state index in [-0.39, 0.29) is 0 Å². The molecular weight excluding hydrogens is 318 g/mol. The molecule has 126 valence electrons. The van der Waals surface area contributed by atoms with Crippen molar-refractivity contribution < 1.29 is 19.0 Å². The first-order valence-corrected chi connectivity index (χ1v) is 7.93. The maximum Gasteiger partial charge on any atom is 0.355 e. The highest BCUT2D eigenvalue weighted by molar-refractivity contribution is 6.00. The van der Waals surface area contributed by atoms with Gasteiger partial charge in [0.05, 0.1) is 19.9 Å². The minimum absolute atomic E-state index is 0.368. The predicted molar refractivity (Wildman–Crippen MR) is 93.9 cm³/mol. The van der Waals surface area contributed by atoms with Crippen molar-refractivity contribution >= 4 is 5.97 Å². The summed E-state index contributed by atoms with van der Waals surface area (Å²) in [5.41, 5.74) is 4.71. The van der Waals surface area contributed by atoms with Crippen LogP contribution in [0.3, 0.4) is 0 Å². The Morgan fingerprint density at radius 2 is 1.76 bits per heavy atom. The highest BCUT2D eigenvalue weighted by atomic mass is 16.5. The third-order valence-corrected chi connectivity index (χ3v) is 4.40. The average molecular weight is 335 g/mol. The first kappa shape index (κ1) is 15.3. The number of hydrogen-bond acceptors (Lipinski definition) is 4. The first-order chi connectivity index (χ1) is 12.2. The zero-order valence-electron chi connectivity index (χ0n) is 14.0. The number of methoxy groups -OCH3 is 2. The van der Waals surface area contributed by atoms with E-state index in [4.69, 9.17) is 14.2 Å². The smallest absolute Gasteiger partial charge is 0.355 e.